The van der Waals surface area contributed by atoms with Crippen LogP contribution in [-0.4, -0.2) is 29.7 Å². The third kappa shape index (κ3) is 4.36. The largest absolute Gasteiger partial charge is 0.497 e. The molecule has 0 aliphatic rings. The Hall–Kier alpha value is -3.09. The minimum absolute atomic E-state index is 0.108. The van der Waals surface area contributed by atoms with Crippen molar-refractivity contribution >= 4 is 22.8 Å². The number of halogens is 1. The van der Waals surface area contributed by atoms with Crippen LogP contribution in [0.25, 0.3) is 11.0 Å². The molecule has 2 aromatic carbocycles. The summed E-state index contributed by atoms with van der Waals surface area (Å²) in [7, 11) is 1.46. The van der Waals surface area contributed by atoms with Crippen LogP contribution in [0.4, 0.5) is 14.9 Å². The fraction of sp³-hybridized carbons (Fsp3) is 0.300. The number of amides is 2. The highest BCUT2D eigenvalue weighted by atomic mass is 19.1. The Morgan fingerprint density at radius 1 is 1.26 bits per heavy atom. The summed E-state index contributed by atoms with van der Waals surface area (Å²) in [5, 5.41) is 5.21. The second kappa shape index (κ2) is 8.07. The molecule has 3 N–H and O–H groups in total. The summed E-state index contributed by atoms with van der Waals surface area (Å²) >= 11 is 0. The number of ether oxygens (including phenoxy) is 1. The highest BCUT2D eigenvalue weighted by molar-refractivity contribution is 5.89. The molecule has 0 bridgehead atoms. The van der Waals surface area contributed by atoms with Gasteiger partial charge in [0.1, 0.15) is 17.4 Å². The van der Waals surface area contributed by atoms with Gasteiger partial charge in [0.25, 0.3) is 0 Å². The molecule has 0 fully saturated rings. The quantitative estimate of drug-likeness (QED) is 0.572. The Bertz CT molecular complexity index is 968. The molecule has 3 rings (SSSR count). The highest BCUT2D eigenvalue weighted by Gasteiger charge is 2.09. The summed E-state index contributed by atoms with van der Waals surface area (Å²) in [5.41, 5.74) is 4.51. The van der Waals surface area contributed by atoms with Crippen molar-refractivity contribution in [1.29, 1.82) is 0 Å². The zero-order valence-corrected chi connectivity index (χ0v) is 15.6. The molecular formula is C20H23FN4O2. The van der Waals surface area contributed by atoms with Crippen LogP contribution >= 0.6 is 0 Å². The number of aromatic nitrogens is 2. The van der Waals surface area contributed by atoms with Crippen molar-refractivity contribution in [2.75, 3.05) is 19.0 Å². The van der Waals surface area contributed by atoms with Gasteiger partial charge in [-0.05, 0) is 49.6 Å². The molecule has 3 aromatic rings. The number of carbonyl (C=O) groups excluding carboxylic acids is 1. The average Bonchev–Trinajstić information content (AvgIpc) is 3.07. The maximum atomic E-state index is 13.8. The van der Waals surface area contributed by atoms with Crippen LogP contribution in [0.2, 0.25) is 0 Å². The lowest BCUT2D eigenvalue weighted by Gasteiger charge is -2.09. The standard InChI is InChI=1S/C20H23FN4O2/c1-12-6-8-17-19(13(12)2)25-18(23-17)5-4-10-22-20(26)24-16-9-7-14(27-3)11-15(16)21/h6-9,11H,4-5,10H2,1-3H3,(H,23,25)(H2,22,24,26). The molecule has 1 aromatic heterocycles. The highest BCUT2D eigenvalue weighted by Crippen LogP contribution is 2.21. The van der Waals surface area contributed by atoms with Crippen molar-refractivity contribution in [3.8, 4) is 5.75 Å². The molecule has 27 heavy (non-hydrogen) atoms. The predicted octanol–water partition coefficient (Wildman–Crippen LogP) is 4.08. The van der Waals surface area contributed by atoms with Crippen molar-refractivity contribution in [1.82, 2.24) is 15.3 Å². The van der Waals surface area contributed by atoms with Crippen molar-refractivity contribution in [3.05, 3.63) is 53.1 Å². The number of benzene rings is 2. The van der Waals surface area contributed by atoms with Crippen LogP contribution in [0.5, 0.6) is 5.75 Å². The van der Waals surface area contributed by atoms with Crippen LogP contribution < -0.4 is 15.4 Å². The van der Waals surface area contributed by atoms with Gasteiger partial charge < -0.3 is 20.4 Å². The number of anilines is 1. The molecule has 0 atom stereocenters. The molecule has 142 valence electrons. The molecule has 0 aliphatic heterocycles. The fourth-order valence-electron chi connectivity index (χ4n) is 2.83. The van der Waals surface area contributed by atoms with Crippen LogP contribution in [0.3, 0.4) is 0 Å². The first-order valence-electron chi connectivity index (χ1n) is 8.81. The summed E-state index contributed by atoms with van der Waals surface area (Å²) < 4.78 is 18.8. The molecular weight excluding hydrogens is 347 g/mol. The molecule has 0 aliphatic carbocycles. The van der Waals surface area contributed by atoms with E-state index in [9.17, 15) is 9.18 Å². The lowest BCUT2D eigenvalue weighted by Crippen LogP contribution is -2.30. The van der Waals surface area contributed by atoms with Crippen LogP contribution in [0.1, 0.15) is 23.4 Å². The van der Waals surface area contributed by atoms with Crippen molar-refractivity contribution in [2.24, 2.45) is 0 Å². The number of H-pyrrole nitrogens is 1. The number of methoxy groups -OCH3 is 1. The molecule has 6 nitrogen and oxygen atoms in total. The molecule has 1 heterocycles. The van der Waals surface area contributed by atoms with E-state index in [-0.39, 0.29) is 5.69 Å². The van der Waals surface area contributed by atoms with E-state index in [4.69, 9.17) is 4.74 Å². The first-order chi connectivity index (χ1) is 13.0. The summed E-state index contributed by atoms with van der Waals surface area (Å²) in [5.74, 6) is 0.745. The van der Waals surface area contributed by atoms with Crippen LogP contribution in [0.15, 0.2) is 30.3 Å². The number of imidazole rings is 1. The Balaban J connectivity index is 1.49. The minimum atomic E-state index is -0.544. The maximum Gasteiger partial charge on any atom is 0.319 e. The Labute approximate surface area is 157 Å². The summed E-state index contributed by atoms with van der Waals surface area (Å²) in [6.45, 7) is 4.59. The SMILES string of the molecule is COc1ccc(NC(=O)NCCCc2nc3c(C)c(C)ccc3[nH]2)c(F)c1. The van der Waals surface area contributed by atoms with Gasteiger partial charge in [0.05, 0.1) is 23.8 Å². The molecule has 2 amide bonds. The van der Waals surface area contributed by atoms with Gasteiger partial charge in [-0.15, -0.1) is 0 Å². The topological polar surface area (TPSA) is 79.0 Å². The number of nitrogens with one attached hydrogen (secondary N) is 3. The minimum Gasteiger partial charge on any atom is -0.497 e. The lowest BCUT2D eigenvalue weighted by atomic mass is 10.1. The third-order valence-electron chi connectivity index (χ3n) is 4.53. The number of carbonyl (C=O) groups is 1. The van der Waals surface area contributed by atoms with Gasteiger partial charge in [-0.25, -0.2) is 14.2 Å². The second-order valence-electron chi connectivity index (χ2n) is 6.42. The normalized spacial score (nSPS) is 10.8. The second-order valence-corrected chi connectivity index (χ2v) is 6.42. The predicted molar refractivity (Wildman–Crippen MR) is 104 cm³/mol. The van der Waals surface area contributed by atoms with Crippen molar-refractivity contribution in [3.63, 3.8) is 0 Å². The molecule has 0 saturated carbocycles. The van der Waals surface area contributed by atoms with Crippen LogP contribution in [0, 0.1) is 19.7 Å². The number of nitrogens with zero attached hydrogens (tertiary/aromatic N) is 1. The first kappa shape index (κ1) is 18.7. The van der Waals surface area contributed by atoms with E-state index in [0.717, 1.165) is 23.3 Å². The first-order valence-corrected chi connectivity index (χ1v) is 8.81. The Morgan fingerprint density at radius 2 is 2.07 bits per heavy atom. The molecule has 0 unspecified atom stereocenters. The van der Waals surface area contributed by atoms with E-state index >= 15 is 0 Å². The van der Waals surface area contributed by atoms with Crippen molar-refractivity contribution < 1.29 is 13.9 Å². The number of hydrogen-bond acceptors (Lipinski definition) is 3. The van der Waals surface area contributed by atoms with Gasteiger partial charge >= 0.3 is 6.03 Å². The van der Waals surface area contributed by atoms with Gasteiger partial charge in [-0.2, -0.15) is 0 Å². The molecule has 0 saturated heterocycles. The maximum absolute atomic E-state index is 13.8. The summed E-state index contributed by atoms with van der Waals surface area (Å²) in [6, 6.07) is 7.93. The number of fused-ring (bicyclic) bond motifs is 1. The number of rotatable bonds is 6. The summed E-state index contributed by atoms with van der Waals surface area (Å²) in [6.07, 6.45) is 1.43. The number of urea groups is 1. The fourth-order valence-corrected chi connectivity index (χ4v) is 2.83. The van der Waals surface area contributed by atoms with E-state index in [2.05, 4.69) is 40.5 Å². The molecule has 0 radical (unpaired) electrons. The van der Waals surface area contributed by atoms with Gasteiger partial charge in [0.15, 0.2) is 0 Å². The van der Waals surface area contributed by atoms with Gasteiger partial charge in [-0.3, -0.25) is 0 Å². The van der Waals surface area contributed by atoms with E-state index in [1.807, 2.05) is 6.07 Å². The lowest BCUT2D eigenvalue weighted by molar-refractivity contribution is 0.252. The zero-order chi connectivity index (χ0) is 19.4. The van der Waals surface area contributed by atoms with E-state index in [0.29, 0.717) is 18.7 Å². The third-order valence-corrected chi connectivity index (χ3v) is 4.53. The number of aromatic amines is 1. The molecule has 7 heteroatoms. The van der Waals surface area contributed by atoms with Gasteiger partial charge in [-0.1, -0.05) is 6.07 Å². The molecule has 0 spiro atoms. The monoisotopic (exact) mass is 370 g/mol. The smallest absolute Gasteiger partial charge is 0.319 e. The average molecular weight is 370 g/mol. The number of hydrogen-bond donors (Lipinski definition) is 3. The number of aryl methyl sites for hydroxylation is 3. The van der Waals surface area contributed by atoms with E-state index in [1.165, 1.54) is 30.4 Å². The summed E-state index contributed by atoms with van der Waals surface area (Å²) in [4.78, 5) is 19.9. The zero-order valence-electron chi connectivity index (χ0n) is 15.6. The Morgan fingerprint density at radius 3 is 2.81 bits per heavy atom. The Kier molecular flexibility index (Phi) is 5.59. The van der Waals surface area contributed by atoms with E-state index < -0.39 is 11.8 Å². The van der Waals surface area contributed by atoms with Crippen LogP contribution in [-0.2, 0) is 6.42 Å². The van der Waals surface area contributed by atoms with Crippen molar-refractivity contribution in [2.45, 2.75) is 26.7 Å². The van der Waals surface area contributed by atoms with Gasteiger partial charge in [0, 0.05) is 19.0 Å². The van der Waals surface area contributed by atoms with Gasteiger partial charge in [0.2, 0.25) is 0 Å². The van der Waals surface area contributed by atoms with E-state index in [1.54, 1.807) is 6.07 Å².